The van der Waals surface area contributed by atoms with E-state index in [1.807, 2.05) is 0 Å². The molecule has 9 nitrogen and oxygen atoms in total. The fourth-order valence-electron chi connectivity index (χ4n) is 1.49. The summed E-state index contributed by atoms with van der Waals surface area (Å²) in [6.45, 7) is 1.59. The molecule has 2 aromatic rings. The quantitative estimate of drug-likeness (QED) is 0.381. The Labute approximate surface area is 113 Å². The minimum absolute atomic E-state index is 0.00807. The monoisotopic (exact) mass is 297 g/mol. The van der Waals surface area contributed by atoms with E-state index in [-0.39, 0.29) is 17.1 Å². The molecule has 5 N–H and O–H groups in total. The third-order valence-electron chi connectivity index (χ3n) is 2.45. The zero-order valence-electron chi connectivity index (χ0n) is 10.3. The second kappa shape index (κ2) is 4.90. The van der Waals surface area contributed by atoms with Gasteiger partial charge in [0.15, 0.2) is 5.69 Å². The number of aromatic amines is 2. The van der Waals surface area contributed by atoms with Gasteiger partial charge in [-0.3, -0.25) is 14.4 Å². The van der Waals surface area contributed by atoms with Gasteiger partial charge in [0, 0.05) is 5.69 Å². The molecule has 2 rings (SSSR count). The summed E-state index contributed by atoms with van der Waals surface area (Å²) in [5, 5.41) is 12.2. The van der Waals surface area contributed by atoms with E-state index in [1.54, 1.807) is 6.92 Å². The van der Waals surface area contributed by atoms with Crippen LogP contribution in [-0.4, -0.2) is 23.2 Å². The highest BCUT2D eigenvalue weighted by Crippen LogP contribution is 2.28. The van der Waals surface area contributed by atoms with Crippen LogP contribution in [0.25, 0.3) is 0 Å². The number of aromatic nitrogens is 2. The van der Waals surface area contributed by atoms with Crippen LogP contribution in [0.2, 0.25) is 0 Å². The van der Waals surface area contributed by atoms with Crippen LogP contribution in [0.5, 0.6) is 0 Å². The first-order valence-electron chi connectivity index (χ1n) is 5.35. The Morgan fingerprint density at radius 1 is 1.25 bits per heavy atom. The number of azo groups is 1. The average Bonchev–Trinajstić information content (AvgIpc) is 2.65. The minimum atomic E-state index is -4.46. The normalized spacial score (nSPS) is 12.1. The lowest BCUT2D eigenvalue weighted by Gasteiger charge is -2.02. The van der Waals surface area contributed by atoms with Crippen LogP contribution in [0.15, 0.2) is 38.1 Å². The van der Waals surface area contributed by atoms with Gasteiger partial charge >= 0.3 is 0 Å². The first-order chi connectivity index (χ1) is 9.29. The Hall–Kier alpha value is -2.46. The number of nitrogens with zero attached hydrogens (tertiary/aromatic N) is 2. The molecule has 1 aromatic carbocycles. The van der Waals surface area contributed by atoms with Gasteiger partial charge in [0.25, 0.3) is 15.7 Å². The number of nitrogens with one attached hydrogen (secondary N) is 2. The average molecular weight is 297 g/mol. The highest BCUT2D eigenvalue weighted by Gasteiger charge is 2.16. The molecule has 106 valence electrons. The van der Waals surface area contributed by atoms with Crippen molar-refractivity contribution in [1.82, 2.24) is 10.2 Å². The molecule has 1 aromatic heterocycles. The lowest BCUT2D eigenvalue weighted by Crippen LogP contribution is -1.99. The molecule has 0 radical (unpaired) electrons. The molecule has 1 heterocycles. The van der Waals surface area contributed by atoms with Gasteiger partial charge in [0.1, 0.15) is 10.6 Å². The van der Waals surface area contributed by atoms with Gasteiger partial charge in [-0.2, -0.15) is 8.42 Å². The molecule has 0 atom stereocenters. The largest absolute Gasteiger partial charge is 0.399 e. The smallest absolute Gasteiger partial charge is 0.296 e. The van der Waals surface area contributed by atoms with Gasteiger partial charge in [-0.05, 0) is 25.1 Å². The zero-order chi connectivity index (χ0) is 14.9. The van der Waals surface area contributed by atoms with Gasteiger partial charge in [0.2, 0.25) is 0 Å². The van der Waals surface area contributed by atoms with E-state index in [2.05, 4.69) is 20.4 Å². The molecule has 0 aliphatic rings. The summed E-state index contributed by atoms with van der Waals surface area (Å²) >= 11 is 0. The third kappa shape index (κ3) is 2.75. The highest BCUT2D eigenvalue weighted by molar-refractivity contribution is 7.86. The van der Waals surface area contributed by atoms with Crippen molar-refractivity contribution in [3.63, 3.8) is 0 Å². The molecule has 0 unspecified atom stereocenters. The Morgan fingerprint density at radius 2 is 1.95 bits per heavy atom. The second-order valence-electron chi connectivity index (χ2n) is 3.95. The number of aryl methyl sites for hydroxylation is 1. The number of rotatable bonds is 3. The lowest BCUT2D eigenvalue weighted by molar-refractivity contribution is 0.483. The summed E-state index contributed by atoms with van der Waals surface area (Å²) in [4.78, 5) is 10.9. The van der Waals surface area contributed by atoms with Gasteiger partial charge in [0.05, 0.1) is 5.69 Å². The van der Waals surface area contributed by atoms with Crippen LogP contribution >= 0.6 is 0 Å². The summed E-state index contributed by atoms with van der Waals surface area (Å²) in [6.07, 6.45) is 0. The van der Waals surface area contributed by atoms with Crippen molar-refractivity contribution in [2.24, 2.45) is 10.2 Å². The molecule has 0 aliphatic heterocycles. The number of anilines is 1. The van der Waals surface area contributed by atoms with Crippen molar-refractivity contribution in [3.8, 4) is 0 Å². The number of nitrogens with two attached hydrogens (primary N) is 1. The van der Waals surface area contributed by atoms with Crippen LogP contribution in [-0.2, 0) is 10.1 Å². The SMILES string of the molecule is Cc1[nH][nH]c(=O)c1N=Nc1cc(N)ccc1S(=O)(=O)O. The molecule has 0 aliphatic carbocycles. The van der Waals surface area contributed by atoms with E-state index in [1.165, 1.54) is 12.1 Å². The van der Waals surface area contributed by atoms with E-state index in [0.29, 0.717) is 5.69 Å². The first-order valence-corrected chi connectivity index (χ1v) is 6.79. The van der Waals surface area contributed by atoms with Crippen molar-refractivity contribution in [2.45, 2.75) is 11.8 Å². The Morgan fingerprint density at radius 3 is 2.50 bits per heavy atom. The van der Waals surface area contributed by atoms with Crippen LogP contribution in [0.3, 0.4) is 0 Å². The summed E-state index contributed by atoms with van der Waals surface area (Å²) < 4.78 is 31.5. The standard InChI is InChI=1S/C10H11N5O4S/c1-5-9(10(16)15-12-5)14-13-7-4-6(11)2-3-8(7)20(17,18)19/h2-4H,11H2,1H3,(H2,12,15,16)(H,17,18,19). The van der Waals surface area contributed by atoms with Crippen molar-refractivity contribution < 1.29 is 13.0 Å². The van der Waals surface area contributed by atoms with Crippen LogP contribution in [0, 0.1) is 6.92 Å². The second-order valence-corrected chi connectivity index (χ2v) is 5.34. The maximum absolute atomic E-state index is 11.4. The Bertz CT molecular complexity index is 834. The van der Waals surface area contributed by atoms with Crippen molar-refractivity contribution >= 4 is 27.2 Å². The predicted octanol–water partition coefficient (Wildman–Crippen LogP) is 1.26. The van der Waals surface area contributed by atoms with Crippen LogP contribution in [0.4, 0.5) is 17.1 Å². The maximum Gasteiger partial charge on any atom is 0.296 e. The number of H-pyrrole nitrogens is 2. The number of hydrogen-bond acceptors (Lipinski definition) is 6. The van der Waals surface area contributed by atoms with Gasteiger partial charge in [-0.1, -0.05) is 0 Å². The molecule has 20 heavy (non-hydrogen) atoms. The number of hydrogen-bond donors (Lipinski definition) is 4. The molecular formula is C10H11N5O4S. The maximum atomic E-state index is 11.4. The van der Waals surface area contributed by atoms with Gasteiger partial charge < -0.3 is 10.8 Å². The number of benzene rings is 1. The fraction of sp³-hybridized carbons (Fsp3) is 0.100. The van der Waals surface area contributed by atoms with Crippen LogP contribution < -0.4 is 11.3 Å². The zero-order valence-corrected chi connectivity index (χ0v) is 11.1. The molecular weight excluding hydrogens is 286 g/mol. The molecule has 0 spiro atoms. The van der Waals surface area contributed by atoms with Crippen molar-refractivity contribution in [1.29, 1.82) is 0 Å². The van der Waals surface area contributed by atoms with E-state index >= 15 is 0 Å². The molecule has 0 amide bonds. The predicted molar refractivity (Wildman–Crippen MR) is 71.0 cm³/mol. The van der Waals surface area contributed by atoms with E-state index in [4.69, 9.17) is 10.3 Å². The minimum Gasteiger partial charge on any atom is -0.399 e. The molecule has 0 saturated carbocycles. The lowest BCUT2D eigenvalue weighted by atomic mass is 10.3. The topological polar surface area (TPSA) is 154 Å². The molecule has 0 bridgehead atoms. The fourth-order valence-corrected chi connectivity index (χ4v) is 2.10. The van der Waals surface area contributed by atoms with Gasteiger partial charge in [-0.25, -0.2) is 0 Å². The van der Waals surface area contributed by atoms with E-state index in [0.717, 1.165) is 6.07 Å². The van der Waals surface area contributed by atoms with Crippen molar-refractivity contribution in [3.05, 3.63) is 34.2 Å². The summed E-state index contributed by atoms with van der Waals surface area (Å²) in [5.41, 5.74) is 5.56. The Kier molecular flexibility index (Phi) is 3.42. The molecule has 10 heteroatoms. The van der Waals surface area contributed by atoms with Gasteiger partial charge in [-0.15, -0.1) is 10.2 Å². The first kappa shape index (κ1) is 14.0. The number of nitrogen functional groups attached to an aromatic ring is 1. The summed E-state index contributed by atoms with van der Waals surface area (Å²) in [5.74, 6) is 0. The van der Waals surface area contributed by atoms with E-state index < -0.39 is 20.6 Å². The summed E-state index contributed by atoms with van der Waals surface area (Å²) in [7, 11) is -4.46. The van der Waals surface area contributed by atoms with E-state index in [9.17, 15) is 13.2 Å². The highest BCUT2D eigenvalue weighted by atomic mass is 32.2. The third-order valence-corrected chi connectivity index (χ3v) is 3.35. The van der Waals surface area contributed by atoms with Crippen LogP contribution in [0.1, 0.15) is 5.69 Å². The Balaban J connectivity index is 2.54. The molecule has 0 saturated heterocycles. The van der Waals surface area contributed by atoms with Crippen molar-refractivity contribution in [2.75, 3.05) is 5.73 Å². The molecule has 0 fully saturated rings. The summed E-state index contributed by atoms with van der Waals surface area (Å²) in [6, 6.07) is 3.63.